The SMILES string of the molecule is CNc1cccc(F)c1C(=N)C(C)(C)C(=O)N1C2CCC3(C#N)CC1CC(C)(C2)C3. The Kier molecular flexibility index (Phi) is 4.72. The number of carbonyl (C=O) groups excluding carboxylic acids is 1. The molecule has 4 aliphatic rings. The molecule has 2 saturated carbocycles. The number of fused-ring (bicyclic) bond motifs is 1. The van der Waals surface area contributed by atoms with E-state index in [0.29, 0.717) is 12.1 Å². The van der Waals surface area contributed by atoms with Crippen molar-refractivity contribution in [3.05, 3.63) is 29.6 Å². The van der Waals surface area contributed by atoms with E-state index in [4.69, 9.17) is 5.41 Å². The topological polar surface area (TPSA) is 80.0 Å². The second-order valence-corrected chi connectivity index (χ2v) is 10.5. The van der Waals surface area contributed by atoms with Crippen molar-refractivity contribution in [2.24, 2.45) is 16.2 Å². The van der Waals surface area contributed by atoms with E-state index in [0.717, 1.165) is 32.1 Å². The molecule has 4 bridgehead atoms. The lowest BCUT2D eigenvalue weighted by molar-refractivity contribution is -0.150. The molecule has 2 aliphatic carbocycles. The van der Waals surface area contributed by atoms with Crippen molar-refractivity contribution in [2.45, 2.75) is 71.4 Å². The van der Waals surface area contributed by atoms with Gasteiger partial charge < -0.3 is 15.6 Å². The number of rotatable bonds is 4. The Morgan fingerprint density at radius 3 is 2.70 bits per heavy atom. The van der Waals surface area contributed by atoms with E-state index >= 15 is 0 Å². The van der Waals surface area contributed by atoms with Crippen LogP contribution in [0.3, 0.4) is 0 Å². The van der Waals surface area contributed by atoms with Crippen LogP contribution < -0.4 is 5.32 Å². The molecule has 4 atom stereocenters. The molecular formula is C24H31FN4O. The van der Waals surface area contributed by atoms with Crippen LogP contribution in [0, 0.1) is 38.8 Å². The first kappa shape index (κ1) is 20.8. The summed E-state index contributed by atoms with van der Waals surface area (Å²) in [7, 11) is 1.69. The van der Waals surface area contributed by atoms with Crippen LogP contribution in [0.25, 0.3) is 0 Å². The first-order valence-corrected chi connectivity index (χ1v) is 10.9. The number of piperidine rings is 1. The molecule has 160 valence electrons. The lowest BCUT2D eigenvalue weighted by Gasteiger charge is -2.55. The number of hydrogen-bond acceptors (Lipinski definition) is 4. The van der Waals surface area contributed by atoms with Gasteiger partial charge in [0.25, 0.3) is 0 Å². The summed E-state index contributed by atoms with van der Waals surface area (Å²) in [6.07, 6.45) is 5.11. The summed E-state index contributed by atoms with van der Waals surface area (Å²) in [6.45, 7) is 5.72. The molecule has 6 heteroatoms. The molecule has 1 aromatic carbocycles. The molecule has 0 aromatic heterocycles. The molecule has 5 nitrogen and oxygen atoms in total. The number of amides is 1. The van der Waals surface area contributed by atoms with Crippen LogP contribution >= 0.6 is 0 Å². The largest absolute Gasteiger partial charge is 0.387 e. The summed E-state index contributed by atoms with van der Waals surface area (Å²) >= 11 is 0. The molecule has 2 N–H and O–H groups in total. The van der Waals surface area contributed by atoms with E-state index in [1.54, 1.807) is 33.0 Å². The van der Waals surface area contributed by atoms with Gasteiger partial charge in [-0.1, -0.05) is 13.0 Å². The summed E-state index contributed by atoms with van der Waals surface area (Å²) in [4.78, 5) is 15.9. The summed E-state index contributed by atoms with van der Waals surface area (Å²) in [5.74, 6) is -0.619. The normalized spacial score (nSPS) is 32.5. The first-order chi connectivity index (χ1) is 14.1. The molecule has 0 spiro atoms. The molecule has 4 unspecified atom stereocenters. The van der Waals surface area contributed by atoms with Gasteiger partial charge in [0.1, 0.15) is 5.82 Å². The third kappa shape index (κ3) is 3.02. The van der Waals surface area contributed by atoms with E-state index in [9.17, 15) is 14.4 Å². The van der Waals surface area contributed by atoms with Gasteiger partial charge in [0.15, 0.2) is 0 Å². The molecular weight excluding hydrogens is 379 g/mol. The summed E-state index contributed by atoms with van der Waals surface area (Å²) in [5.41, 5.74) is -0.765. The number of nitrogens with zero attached hydrogens (tertiary/aromatic N) is 2. The Labute approximate surface area is 178 Å². The highest BCUT2D eigenvalue weighted by Gasteiger charge is 2.58. The van der Waals surface area contributed by atoms with E-state index < -0.39 is 11.2 Å². The lowest BCUT2D eigenvalue weighted by Crippen LogP contribution is -2.60. The fourth-order valence-electron chi connectivity index (χ4n) is 6.45. The van der Waals surface area contributed by atoms with Gasteiger partial charge in [-0.15, -0.1) is 0 Å². The summed E-state index contributed by atoms with van der Waals surface area (Å²) in [6, 6.07) is 7.37. The maximum absolute atomic E-state index is 14.7. The number of benzene rings is 1. The minimum Gasteiger partial charge on any atom is -0.387 e. The van der Waals surface area contributed by atoms with Gasteiger partial charge in [0.2, 0.25) is 5.91 Å². The predicted molar refractivity (Wildman–Crippen MR) is 115 cm³/mol. The van der Waals surface area contributed by atoms with E-state index in [-0.39, 0.29) is 40.1 Å². The highest BCUT2D eigenvalue weighted by Crippen LogP contribution is 2.59. The van der Waals surface area contributed by atoms with E-state index in [2.05, 4.69) is 18.3 Å². The zero-order valence-corrected chi connectivity index (χ0v) is 18.3. The van der Waals surface area contributed by atoms with Gasteiger partial charge in [-0.2, -0.15) is 5.26 Å². The van der Waals surface area contributed by atoms with E-state index in [1.165, 1.54) is 6.07 Å². The van der Waals surface area contributed by atoms with Crippen LogP contribution in [0.1, 0.15) is 64.9 Å². The van der Waals surface area contributed by atoms with Gasteiger partial charge in [0.05, 0.1) is 28.2 Å². The molecule has 4 fully saturated rings. The smallest absolute Gasteiger partial charge is 0.234 e. The minimum atomic E-state index is -1.17. The minimum absolute atomic E-state index is 0.0105. The molecule has 5 rings (SSSR count). The van der Waals surface area contributed by atoms with Gasteiger partial charge >= 0.3 is 0 Å². The molecule has 1 aromatic rings. The Hall–Kier alpha value is -2.42. The van der Waals surface area contributed by atoms with Crippen LogP contribution in [0.5, 0.6) is 0 Å². The number of carbonyl (C=O) groups is 1. The number of halogens is 1. The Morgan fingerprint density at radius 1 is 1.33 bits per heavy atom. The Morgan fingerprint density at radius 2 is 2.03 bits per heavy atom. The average molecular weight is 411 g/mol. The average Bonchev–Trinajstić information content (AvgIpc) is 2.87. The maximum atomic E-state index is 14.7. The van der Waals surface area contributed by atoms with Crippen molar-refractivity contribution < 1.29 is 9.18 Å². The van der Waals surface area contributed by atoms with Gasteiger partial charge in [-0.3, -0.25) is 4.79 Å². The zero-order valence-electron chi connectivity index (χ0n) is 18.3. The lowest BCUT2D eigenvalue weighted by atomic mass is 9.59. The Balaban J connectivity index is 1.70. The third-order valence-electron chi connectivity index (χ3n) is 7.76. The summed E-state index contributed by atoms with van der Waals surface area (Å²) < 4.78 is 14.7. The van der Waals surface area contributed by atoms with Crippen LogP contribution in [-0.4, -0.2) is 35.7 Å². The second-order valence-electron chi connectivity index (χ2n) is 10.5. The fraction of sp³-hybridized carbons (Fsp3) is 0.625. The molecule has 1 amide bonds. The zero-order chi connectivity index (χ0) is 21.9. The number of nitrogens with one attached hydrogen (secondary N) is 2. The fourth-order valence-corrected chi connectivity index (χ4v) is 6.45. The number of hydrogen-bond donors (Lipinski definition) is 2. The van der Waals surface area contributed by atoms with Crippen molar-refractivity contribution in [3.8, 4) is 6.07 Å². The summed E-state index contributed by atoms with van der Waals surface area (Å²) in [5, 5.41) is 21.7. The Bertz CT molecular complexity index is 951. The third-order valence-corrected chi connectivity index (χ3v) is 7.76. The highest BCUT2D eigenvalue weighted by atomic mass is 19.1. The molecule has 2 saturated heterocycles. The molecule has 0 radical (unpaired) electrons. The standard InChI is InChI=1S/C24H31FN4O/c1-22(2,20(27)19-17(25)6-5-7-18(19)28-4)21(30)29-15-8-9-24(14-26)12-16(29)11-23(3,10-15)13-24/h5-7,15-16,27-28H,8-13H2,1-4H3. The second kappa shape index (κ2) is 6.80. The van der Waals surface area contributed by atoms with Crippen molar-refractivity contribution >= 4 is 17.3 Å². The van der Waals surface area contributed by atoms with Gasteiger partial charge in [0, 0.05) is 24.8 Å². The van der Waals surface area contributed by atoms with Crippen LogP contribution in [0.2, 0.25) is 0 Å². The first-order valence-electron chi connectivity index (χ1n) is 10.9. The van der Waals surface area contributed by atoms with E-state index in [1.807, 2.05) is 4.90 Å². The van der Waals surface area contributed by atoms with Gasteiger partial charge in [-0.25, -0.2) is 4.39 Å². The van der Waals surface area contributed by atoms with Crippen LogP contribution in [-0.2, 0) is 4.79 Å². The predicted octanol–water partition coefficient (Wildman–Crippen LogP) is 4.72. The number of anilines is 1. The van der Waals surface area contributed by atoms with Crippen molar-refractivity contribution in [2.75, 3.05) is 12.4 Å². The molecule has 2 heterocycles. The maximum Gasteiger partial charge on any atom is 0.234 e. The van der Waals surface area contributed by atoms with Crippen molar-refractivity contribution in [1.82, 2.24) is 4.90 Å². The van der Waals surface area contributed by atoms with Crippen molar-refractivity contribution in [1.29, 1.82) is 10.7 Å². The quantitative estimate of drug-likeness (QED) is 0.705. The van der Waals surface area contributed by atoms with Crippen LogP contribution in [0.15, 0.2) is 18.2 Å². The number of nitriles is 1. The van der Waals surface area contributed by atoms with Crippen molar-refractivity contribution in [3.63, 3.8) is 0 Å². The molecule has 30 heavy (non-hydrogen) atoms. The van der Waals surface area contributed by atoms with Gasteiger partial charge in [-0.05, 0) is 69.9 Å². The highest BCUT2D eigenvalue weighted by molar-refractivity contribution is 6.17. The molecule has 2 aliphatic heterocycles. The van der Waals surface area contributed by atoms with Crippen LogP contribution in [0.4, 0.5) is 10.1 Å². The monoisotopic (exact) mass is 410 g/mol.